The topological polar surface area (TPSA) is 58.0 Å². The van der Waals surface area contributed by atoms with E-state index in [4.69, 9.17) is 0 Å². The zero-order valence-electron chi connectivity index (χ0n) is 13.2. The van der Waals surface area contributed by atoms with Gasteiger partial charge in [-0.25, -0.2) is 0 Å². The van der Waals surface area contributed by atoms with Gasteiger partial charge in [0.1, 0.15) is 5.01 Å². The number of anilines is 2. The van der Waals surface area contributed by atoms with Crippen molar-refractivity contribution in [1.82, 2.24) is 20.4 Å². The summed E-state index contributed by atoms with van der Waals surface area (Å²) in [5.74, 6) is 2.35. The van der Waals surface area contributed by atoms with E-state index >= 15 is 0 Å². The fourth-order valence-corrected chi connectivity index (χ4v) is 4.05. The molecule has 0 unspecified atom stereocenters. The van der Waals surface area contributed by atoms with Crippen LogP contribution in [0, 0.1) is 0 Å². The Morgan fingerprint density at radius 3 is 2.43 bits per heavy atom. The molecule has 1 aliphatic heterocycles. The second-order valence-corrected chi connectivity index (χ2v) is 7.95. The van der Waals surface area contributed by atoms with Crippen LogP contribution in [0.2, 0.25) is 0 Å². The minimum absolute atomic E-state index is 0.486. The van der Waals surface area contributed by atoms with Crippen LogP contribution in [0.5, 0.6) is 0 Å². The summed E-state index contributed by atoms with van der Waals surface area (Å²) in [6, 6.07) is 4.75. The minimum Gasteiger partial charge on any atom is -0.351 e. The Balaban J connectivity index is 1.21. The zero-order valence-corrected chi connectivity index (χ0v) is 14.0. The quantitative estimate of drug-likeness (QED) is 0.840. The minimum atomic E-state index is 0.486. The van der Waals surface area contributed by atoms with Gasteiger partial charge in [-0.3, -0.25) is 0 Å². The Kier molecular flexibility index (Phi) is 3.04. The van der Waals surface area contributed by atoms with Crippen LogP contribution < -0.4 is 9.80 Å². The molecular formula is C16H20N6S. The van der Waals surface area contributed by atoms with E-state index in [0.29, 0.717) is 17.9 Å². The van der Waals surface area contributed by atoms with Crippen LogP contribution >= 0.6 is 11.3 Å². The van der Waals surface area contributed by atoms with Crippen molar-refractivity contribution in [2.75, 3.05) is 29.9 Å². The molecular weight excluding hydrogens is 308 g/mol. The van der Waals surface area contributed by atoms with Crippen molar-refractivity contribution in [2.24, 2.45) is 0 Å². The van der Waals surface area contributed by atoms with Gasteiger partial charge < -0.3 is 9.80 Å². The molecule has 6 nitrogen and oxygen atoms in total. The Bertz CT molecular complexity index is 700. The third-order valence-electron chi connectivity index (χ3n) is 5.06. The van der Waals surface area contributed by atoms with E-state index in [2.05, 4.69) is 49.4 Å². The molecule has 2 aliphatic carbocycles. The van der Waals surface area contributed by atoms with E-state index in [9.17, 15) is 0 Å². The molecule has 0 radical (unpaired) electrons. The first-order chi connectivity index (χ1) is 11.3. The number of aromatic nitrogens is 4. The van der Waals surface area contributed by atoms with E-state index < -0.39 is 0 Å². The Morgan fingerprint density at radius 2 is 1.78 bits per heavy atom. The maximum Gasteiger partial charge on any atom is 0.208 e. The largest absolute Gasteiger partial charge is 0.351 e. The van der Waals surface area contributed by atoms with Gasteiger partial charge in [-0.05, 0) is 37.8 Å². The summed E-state index contributed by atoms with van der Waals surface area (Å²) < 4.78 is 0. The van der Waals surface area contributed by atoms with Gasteiger partial charge in [0.15, 0.2) is 5.82 Å². The molecule has 2 saturated carbocycles. The molecule has 3 aliphatic rings. The summed E-state index contributed by atoms with van der Waals surface area (Å²) in [6.45, 7) is 1.96. The maximum atomic E-state index is 4.40. The predicted octanol–water partition coefficient (Wildman–Crippen LogP) is 2.41. The highest BCUT2D eigenvalue weighted by Crippen LogP contribution is 2.43. The van der Waals surface area contributed by atoms with Gasteiger partial charge in [-0.2, -0.15) is 5.10 Å². The van der Waals surface area contributed by atoms with Gasteiger partial charge in [0.2, 0.25) is 5.13 Å². The molecule has 1 saturated heterocycles. The van der Waals surface area contributed by atoms with Gasteiger partial charge >= 0.3 is 0 Å². The van der Waals surface area contributed by atoms with Crippen LogP contribution in [0.25, 0.3) is 0 Å². The Hall–Kier alpha value is -1.76. The molecule has 0 atom stereocenters. The van der Waals surface area contributed by atoms with Crippen molar-refractivity contribution in [2.45, 2.75) is 43.6 Å². The van der Waals surface area contributed by atoms with Crippen molar-refractivity contribution >= 4 is 22.3 Å². The van der Waals surface area contributed by atoms with Crippen molar-refractivity contribution in [3.8, 4) is 0 Å². The lowest BCUT2D eigenvalue weighted by molar-refractivity contribution is 0.489. The maximum absolute atomic E-state index is 4.40. The van der Waals surface area contributed by atoms with Crippen molar-refractivity contribution in [3.05, 3.63) is 22.8 Å². The lowest BCUT2D eigenvalue weighted by atomic mass is 10.1. The molecule has 2 aromatic heterocycles. The monoisotopic (exact) mass is 328 g/mol. The highest BCUT2D eigenvalue weighted by atomic mass is 32.1. The summed E-state index contributed by atoms with van der Waals surface area (Å²) >= 11 is 1.76. The first-order valence-corrected chi connectivity index (χ1v) is 9.24. The molecule has 7 heteroatoms. The van der Waals surface area contributed by atoms with Crippen LogP contribution in [0.15, 0.2) is 12.1 Å². The van der Waals surface area contributed by atoms with Crippen LogP contribution in [0.1, 0.15) is 48.2 Å². The average Bonchev–Trinajstić information content (AvgIpc) is 3.45. The molecule has 3 heterocycles. The number of hydrogen-bond acceptors (Lipinski definition) is 7. The molecule has 0 spiro atoms. The summed E-state index contributed by atoms with van der Waals surface area (Å²) in [4.78, 5) is 4.56. The molecule has 120 valence electrons. The number of hydrogen-bond donors (Lipinski definition) is 0. The van der Waals surface area contributed by atoms with Gasteiger partial charge in [-0.15, -0.1) is 15.3 Å². The van der Waals surface area contributed by atoms with Crippen LogP contribution in [-0.2, 0) is 0 Å². The average molecular weight is 328 g/mol. The molecule has 5 rings (SSSR count). The van der Waals surface area contributed by atoms with Crippen LogP contribution in [0.4, 0.5) is 10.9 Å². The van der Waals surface area contributed by atoms with Gasteiger partial charge in [0.25, 0.3) is 0 Å². The van der Waals surface area contributed by atoms with Crippen LogP contribution in [-0.4, -0.2) is 46.6 Å². The molecule has 3 fully saturated rings. The summed E-state index contributed by atoms with van der Waals surface area (Å²) in [7, 11) is 2.13. The van der Waals surface area contributed by atoms with Crippen LogP contribution in [0.3, 0.4) is 0 Å². The molecule has 2 aromatic rings. The Morgan fingerprint density at radius 1 is 1.00 bits per heavy atom. The highest BCUT2D eigenvalue weighted by molar-refractivity contribution is 7.15. The van der Waals surface area contributed by atoms with E-state index in [1.807, 2.05) is 0 Å². The fourth-order valence-electron chi connectivity index (χ4n) is 3.01. The van der Waals surface area contributed by atoms with Crippen molar-refractivity contribution in [1.29, 1.82) is 0 Å². The third-order valence-corrected chi connectivity index (χ3v) is 6.24. The molecule has 0 aromatic carbocycles. The normalized spacial score (nSPS) is 21.3. The standard InChI is InChI=1S/C16H20N6S/c1-21(16-20-19-15(23-16)11-4-5-11)12-8-22(9-12)14-7-6-13(17-18-14)10-2-3-10/h6-7,10-12H,2-5,8-9H2,1H3. The summed E-state index contributed by atoms with van der Waals surface area (Å²) in [5.41, 5.74) is 1.16. The van der Waals surface area contributed by atoms with E-state index in [-0.39, 0.29) is 0 Å². The van der Waals surface area contributed by atoms with Gasteiger partial charge in [-0.1, -0.05) is 11.3 Å². The van der Waals surface area contributed by atoms with E-state index in [1.165, 1.54) is 30.7 Å². The molecule has 0 bridgehead atoms. The van der Waals surface area contributed by atoms with E-state index in [1.54, 1.807) is 11.3 Å². The lowest BCUT2D eigenvalue weighted by Gasteiger charge is -2.44. The Labute approximate surface area is 139 Å². The summed E-state index contributed by atoms with van der Waals surface area (Å²) in [5, 5.41) is 19.7. The predicted molar refractivity (Wildman–Crippen MR) is 90.3 cm³/mol. The zero-order chi connectivity index (χ0) is 15.4. The highest BCUT2D eigenvalue weighted by Gasteiger charge is 2.34. The second-order valence-electron chi connectivity index (χ2n) is 6.96. The lowest BCUT2D eigenvalue weighted by Crippen LogP contribution is -2.59. The third kappa shape index (κ3) is 2.56. The summed E-state index contributed by atoms with van der Waals surface area (Å²) in [6.07, 6.45) is 5.11. The van der Waals surface area contributed by atoms with Gasteiger partial charge in [0.05, 0.1) is 11.7 Å². The number of nitrogens with zero attached hydrogens (tertiary/aromatic N) is 6. The SMILES string of the molecule is CN(c1nnc(C2CC2)s1)C1CN(c2ccc(C3CC3)nn2)C1. The van der Waals surface area contributed by atoms with Crippen molar-refractivity contribution in [3.63, 3.8) is 0 Å². The first kappa shape index (κ1) is 13.7. The number of rotatable bonds is 5. The fraction of sp³-hybridized carbons (Fsp3) is 0.625. The second kappa shape index (κ2) is 5.12. The molecule has 23 heavy (non-hydrogen) atoms. The van der Waals surface area contributed by atoms with Gasteiger partial charge in [0, 0.05) is 32.0 Å². The van der Waals surface area contributed by atoms with Crippen molar-refractivity contribution < 1.29 is 0 Å². The first-order valence-electron chi connectivity index (χ1n) is 8.43. The molecule has 0 amide bonds. The molecule has 0 N–H and O–H groups in total. The smallest absolute Gasteiger partial charge is 0.208 e. The van der Waals surface area contributed by atoms with E-state index in [0.717, 1.165) is 29.7 Å². The number of likely N-dealkylation sites (N-methyl/N-ethyl adjacent to an activating group) is 1.